The highest BCUT2D eigenvalue weighted by Crippen LogP contribution is 2.30. The number of thioether (sulfide) groups is 1. The molecule has 0 fully saturated rings. The fourth-order valence-electron chi connectivity index (χ4n) is 2.10. The lowest BCUT2D eigenvalue weighted by Crippen LogP contribution is -2.15. The number of aromatic nitrogens is 2. The molecule has 0 radical (unpaired) electrons. The van der Waals surface area contributed by atoms with Crippen molar-refractivity contribution in [3.8, 4) is 11.5 Å². The highest BCUT2D eigenvalue weighted by Gasteiger charge is 2.30. The van der Waals surface area contributed by atoms with Crippen LogP contribution >= 0.6 is 11.8 Å². The minimum absolute atomic E-state index is 0.0291. The SMILES string of the molecule is O=C(CSc1nnc(-c2cccc(F)c2)o1)Nc1cccc(C(F)(F)F)c1. The number of carbonyl (C=O) groups is 1. The van der Waals surface area contributed by atoms with E-state index in [0.717, 1.165) is 23.9 Å². The number of benzene rings is 2. The maximum absolute atomic E-state index is 13.2. The third-order valence-corrected chi connectivity index (χ3v) is 4.10. The van der Waals surface area contributed by atoms with Crippen LogP contribution in [0.5, 0.6) is 0 Å². The molecular formula is C17H11F4N3O2S. The minimum Gasteiger partial charge on any atom is -0.411 e. The number of rotatable bonds is 5. The zero-order chi connectivity index (χ0) is 19.4. The summed E-state index contributed by atoms with van der Waals surface area (Å²) < 4.78 is 56.6. The minimum atomic E-state index is -4.49. The lowest BCUT2D eigenvalue weighted by atomic mass is 10.2. The predicted octanol–water partition coefficient (Wildman–Crippen LogP) is 4.63. The van der Waals surface area contributed by atoms with Crippen LogP contribution in [0.15, 0.2) is 58.2 Å². The normalized spacial score (nSPS) is 11.4. The largest absolute Gasteiger partial charge is 0.416 e. The van der Waals surface area contributed by atoms with Gasteiger partial charge in [0.2, 0.25) is 11.8 Å². The van der Waals surface area contributed by atoms with Crippen LogP contribution in [0.2, 0.25) is 0 Å². The van der Waals surface area contributed by atoms with Gasteiger partial charge in [-0.1, -0.05) is 23.9 Å². The average Bonchev–Trinajstić information content (AvgIpc) is 3.09. The first-order valence-corrected chi connectivity index (χ1v) is 8.49. The van der Waals surface area contributed by atoms with Crippen LogP contribution in [-0.2, 0) is 11.0 Å². The summed E-state index contributed by atoms with van der Waals surface area (Å²) in [6.45, 7) is 0. The second-order valence-corrected chi connectivity index (χ2v) is 6.23. The molecule has 27 heavy (non-hydrogen) atoms. The van der Waals surface area contributed by atoms with E-state index in [-0.39, 0.29) is 22.6 Å². The molecule has 0 spiro atoms. The zero-order valence-corrected chi connectivity index (χ0v) is 14.3. The molecule has 0 aliphatic rings. The molecule has 1 N–H and O–H groups in total. The van der Waals surface area contributed by atoms with Crippen molar-refractivity contribution in [2.45, 2.75) is 11.4 Å². The molecule has 5 nitrogen and oxygen atoms in total. The summed E-state index contributed by atoms with van der Waals surface area (Å²) in [5.74, 6) is -1.05. The van der Waals surface area contributed by atoms with Gasteiger partial charge in [-0.2, -0.15) is 13.2 Å². The molecule has 10 heteroatoms. The van der Waals surface area contributed by atoms with Gasteiger partial charge in [0, 0.05) is 11.3 Å². The summed E-state index contributed by atoms with van der Waals surface area (Å²) in [4.78, 5) is 11.9. The highest BCUT2D eigenvalue weighted by molar-refractivity contribution is 7.99. The Hall–Kier alpha value is -2.88. The van der Waals surface area contributed by atoms with Crippen LogP contribution < -0.4 is 5.32 Å². The van der Waals surface area contributed by atoms with Crippen molar-refractivity contribution in [3.63, 3.8) is 0 Å². The Morgan fingerprint density at radius 1 is 1.11 bits per heavy atom. The smallest absolute Gasteiger partial charge is 0.411 e. The molecule has 1 amide bonds. The number of halogens is 4. The van der Waals surface area contributed by atoms with Crippen molar-refractivity contribution >= 4 is 23.4 Å². The Morgan fingerprint density at radius 2 is 1.89 bits per heavy atom. The van der Waals surface area contributed by atoms with Crippen molar-refractivity contribution in [2.24, 2.45) is 0 Å². The van der Waals surface area contributed by atoms with Gasteiger partial charge in [0.1, 0.15) is 5.82 Å². The molecule has 0 unspecified atom stereocenters. The van der Waals surface area contributed by atoms with Gasteiger partial charge in [-0.3, -0.25) is 4.79 Å². The second kappa shape index (κ2) is 7.78. The summed E-state index contributed by atoms with van der Waals surface area (Å²) in [5.41, 5.74) is -0.436. The van der Waals surface area contributed by atoms with E-state index in [2.05, 4.69) is 15.5 Å². The van der Waals surface area contributed by atoms with Crippen molar-refractivity contribution in [3.05, 3.63) is 59.9 Å². The van der Waals surface area contributed by atoms with E-state index in [4.69, 9.17) is 4.42 Å². The first kappa shape index (κ1) is 18.9. The van der Waals surface area contributed by atoms with Crippen molar-refractivity contribution in [2.75, 3.05) is 11.1 Å². The van der Waals surface area contributed by atoms with Gasteiger partial charge >= 0.3 is 6.18 Å². The van der Waals surface area contributed by atoms with Crippen LogP contribution in [0.4, 0.5) is 23.2 Å². The Kier molecular flexibility index (Phi) is 5.45. The average molecular weight is 397 g/mol. The lowest BCUT2D eigenvalue weighted by molar-refractivity contribution is -0.137. The van der Waals surface area contributed by atoms with E-state index in [1.165, 1.54) is 30.3 Å². The Bertz CT molecular complexity index is 959. The van der Waals surface area contributed by atoms with E-state index >= 15 is 0 Å². The maximum atomic E-state index is 13.2. The van der Waals surface area contributed by atoms with Gasteiger partial charge in [-0.05, 0) is 36.4 Å². The molecular weight excluding hydrogens is 386 g/mol. The fraction of sp³-hybridized carbons (Fsp3) is 0.118. The summed E-state index contributed by atoms with van der Waals surface area (Å²) in [5, 5.41) is 9.96. The Balaban J connectivity index is 1.59. The maximum Gasteiger partial charge on any atom is 0.416 e. The fourth-order valence-corrected chi connectivity index (χ4v) is 2.67. The lowest BCUT2D eigenvalue weighted by Gasteiger charge is -2.09. The third kappa shape index (κ3) is 5.07. The van der Waals surface area contributed by atoms with Crippen molar-refractivity contribution < 1.29 is 26.8 Å². The van der Waals surface area contributed by atoms with E-state index in [9.17, 15) is 22.4 Å². The van der Waals surface area contributed by atoms with Gasteiger partial charge in [-0.25, -0.2) is 4.39 Å². The van der Waals surface area contributed by atoms with Gasteiger partial charge in [0.15, 0.2) is 0 Å². The van der Waals surface area contributed by atoms with Gasteiger partial charge in [0.25, 0.3) is 5.22 Å². The topological polar surface area (TPSA) is 68.0 Å². The molecule has 0 aliphatic carbocycles. The molecule has 2 aromatic carbocycles. The van der Waals surface area contributed by atoms with E-state index in [1.807, 2.05) is 0 Å². The number of nitrogens with one attached hydrogen (secondary N) is 1. The van der Waals surface area contributed by atoms with Gasteiger partial charge in [0.05, 0.1) is 11.3 Å². The Labute approximate surface area is 154 Å². The van der Waals surface area contributed by atoms with Gasteiger partial charge in [-0.15, -0.1) is 10.2 Å². The molecule has 0 saturated heterocycles. The molecule has 0 aliphatic heterocycles. The van der Waals surface area contributed by atoms with Crippen molar-refractivity contribution in [1.82, 2.24) is 10.2 Å². The summed E-state index contributed by atoms with van der Waals surface area (Å²) in [7, 11) is 0. The summed E-state index contributed by atoms with van der Waals surface area (Å²) >= 11 is 0.909. The number of nitrogens with zero attached hydrogens (tertiary/aromatic N) is 2. The third-order valence-electron chi connectivity index (χ3n) is 3.28. The van der Waals surface area contributed by atoms with E-state index < -0.39 is 23.5 Å². The molecule has 0 saturated carbocycles. The standard InChI is InChI=1S/C17H11F4N3O2S/c18-12-5-1-3-10(7-12)15-23-24-16(26-15)27-9-14(25)22-13-6-2-4-11(8-13)17(19,20)21/h1-8H,9H2,(H,22,25). The molecule has 3 rings (SSSR count). The van der Waals surface area contributed by atoms with Crippen LogP contribution in [-0.4, -0.2) is 21.9 Å². The molecule has 0 bridgehead atoms. The molecule has 1 aromatic heterocycles. The monoisotopic (exact) mass is 397 g/mol. The van der Waals surface area contributed by atoms with Crippen LogP contribution in [0, 0.1) is 5.82 Å². The first-order valence-electron chi connectivity index (χ1n) is 7.50. The molecule has 1 heterocycles. The quantitative estimate of drug-likeness (QED) is 0.502. The number of anilines is 1. The zero-order valence-electron chi connectivity index (χ0n) is 13.5. The van der Waals surface area contributed by atoms with Gasteiger partial charge < -0.3 is 9.73 Å². The summed E-state index contributed by atoms with van der Waals surface area (Å²) in [6.07, 6.45) is -4.49. The Morgan fingerprint density at radius 3 is 2.63 bits per heavy atom. The van der Waals surface area contributed by atoms with E-state index in [1.54, 1.807) is 6.07 Å². The molecule has 0 atom stereocenters. The molecule has 3 aromatic rings. The highest BCUT2D eigenvalue weighted by atomic mass is 32.2. The predicted molar refractivity (Wildman–Crippen MR) is 90.5 cm³/mol. The number of amides is 1. The van der Waals surface area contributed by atoms with Crippen LogP contribution in [0.3, 0.4) is 0 Å². The number of carbonyl (C=O) groups excluding carboxylic acids is 1. The second-order valence-electron chi connectivity index (χ2n) is 5.30. The summed E-state index contributed by atoms with van der Waals surface area (Å²) in [6, 6.07) is 9.89. The first-order chi connectivity index (χ1) is 12.8. The number of alkyl halides is 3. The molecule has 140 valence electrons. The van der Waals surface area contributed by atoms with Crippen LogP contribution in [0.1, 0.15) is 5.56 Å². The van der Waals surface area contributed by atoms with Crippen LogP contribution in [0.25, 0.3) is 11.5 Å². The van der Waals surface area contributed by atoms with E-state index in [0.29, 0.717) is 5.56 Å². The van der Waals surface area contributed by atoms with Crippen molar-refractivity contribution in [1.29, 1.82) is 0 Å². The number of hydrogen-bond acceptors (Lipinski definition) is 5. The number of hydrogen-bond donors (Lipinski definition) is 1.